The number of aliphatic hydroxyl groups is 1. The normalized spacial score (nSPS) is 16.1. The summed E-state index contributed by atoms with van der Waals surface area (Å²) in [5.41, 5.74) is 6.95. The molecule has 32 heavy (non-hydrogen) atoms. The molecule has 3 aromatic rings. The lowest BCUT2D eigenvalue weighted by atomic mass is 10.0. The zero-order valence-electron chi connectivity index (χ0n) is 18.3. The first-order valence-corrected chi connectivity index (χ1v) is 10.6. The van der Waals surface area contributed by atoms with Crippen LogP contribution in [0.15, 0.2) is 52.9 Å². The van der Waals surface area contributed by atoms with E-state index in [-0.39, 0.29) is 0 Å². The molecule has 1 aliphatic rings. The van der Waals surface area contributed by atoms with E-state index in [0.717, 1.165) is 31.9 Å². The smallest absolute Gasteiger partial charge is 0.256 e. The van der Waals surface area contributed by atoms with Crippen LogP contribution in [-0.2, 0) is 4.79 Å². The molecular weight excluding hydrogens is 408 g/mol. The molecule has 8 nitrogen and oxygen atoms in total. The number of carbonyl (C=O) groups is 2. The minimum atomic E-state index is -1.56. The molecule has 0 saturated carbocycles. The molecule has 0 aliphatic carbocycles. The first kappa shape index (κ1) is 21.7. The number of hydrogen-bond donors (Lipinski definition) is 3. The number of anilines is 2. The van der Waals surface area contributed by atoms with E-state index in [9.17, 15) is 14.7 Å². The highest BCUT2D eigenvalue weighted by Crippen LogP contribution is 2.31. The molecule has 1 atom stereocenters. The predicted molar refractivity (Wildman–Crippen MR) is 124 cm³/mol. The number of furan rings is 1. The van der Waals surface area contributed by atoms with Gasteiger partial charge in [-0.05, 0) is 44.2 Å². The summed E-state index contributed by atoms with van der Waals surface area (Å²) in [6.45, 7) is 5.99. The van der Waals surface area contributed by atoms with E-state index in [0.29, 0.717) is 22.3 Å². The highest BCUT2D eigenvalue weighted by Gasteiger charge is 2.34. The summed E-state index contributed by atoms with van der Waals surface area (Å²) in [5.74, 6) is -0.883. The van der Waals surface area contributed by atoms with Crippen LogP contribution in [0.1, 0.15) is 23.0 Å². The van der Waals surface area contributed by atoms with Crippen LogP contribution < -0.4 is 20.9 Å². The molecule has 2 aromatic carbocycles. The van der Waals surface area contributed by atoms with Gasteiger partial charge in [-0.1, -0.05) is 18.2 Å². The molecule has 8 heteroatoms. The van der Waals surface area contributed by atoms with Gasteiger partial charge in [-0.3, -0.25) is 9.59 Å². The van der Waals surface area contributed by atoms with E-state index in [1.807, 2.05) is 36.4 Å². The summed E-state index contributed by atoms with van der Waals surface area (Å²) in [4.78, 5) is 29.3. The van der Waals surface area contributed by atoms with Gasteiger partial charge in [0.2, 0.25) is 5.91 Å². The number of para-hydroxylation sites is 1. The largest absolute Gasteiger partial charge is 0.461 e. The standard InChI is InChI=1S/C24H28N4O4/c1-16-21(22(30)26-24(2,15-29)23(25)31)19-14-18(8-9-20(19)32-16)28-12-10-27(11-13-28)17-6-4-3-5-7-17/h3-9,14,29H,10-13,15H2,1-2H3,(H2,25,31)(H,26,30)/t24-/m0/s1. The Morgan fingerprint density at radius 1 is 1.06 bits per heavy atom. The monoisotopic (exact) mass is 436 g/mol. The van der Waals surface area contributed by atoms with Crippen molar-refractivity contribution in [3.05, 3.63) is 59.9 Å². The number of hydrogen-bond acceptors (Lipinski definition) is 6. The maximum atomic E-state index is 13.0. The highest BCUT2D eigenvalue weighted by molar-refractivity contribution is 6.09. The number of piperazine rings is 1. The Morgan fingerprint density at radius 2 is 1.69 bits per heavy atom. The number of carbonyl (C=O) groups excluding carboxylic acids is 2. The number of amides is 2. The zero-order chi connectivity index (χ0) is 22.9. The molecule has 2 heterocycles. The van der Waals surface area contributed by atoms with Crippen molar-refractivity contribution in [2.45, 2.75) is 19.4 Å². The van der Waals surface area contributed by atoms with E-state index < -0.39 is 24.0 Å². The van der Waals surface area contributed by atoms with Gasteiger partial charge in [0, 0.05) is 42.9 Å². The van der Waals surface area contributed by atoms with Crippen LogP contribution in [-0.4, -0.2) is 55.2 Å². The molecule has 0 spiro atoms. The minimum Gasteiger partial charge on any atom is -0.461 e. The van der Waals surface area contributed by atoms with Crippen LogP contribution in [0.3, 0.4) is 0 Å². The SMILES string of the molecule is Cc1oc2ccc(N3CCN(c4ccccc4)CC3)cc2c1C(=O)N[C@@](C)(CO)C(N)=O. The molecule has 0 bridgehead atoms. The Kier molecular flexibility index (Phi) is 5.80. The van der Waals surface area contributed by atoms with Crippen molar-refractivity contribution in [1.29, 1.82) is 0 Å². The molecule has 4 rings (SSSR count). The lowest BCUT2D eigenvalue weighted by molar-refractivity contribution is -0.124. The lowest BCUT2D eigenvalue weighted by Crippen LogP contribution is -2.57. The summed E-state index contributed by atoms with van der Waals surface area (Å²) >= 11 is 0. The maximum Gasteiger partial charge on any atom is 0.256 e. The third-order valence-electron chi connectivity index (χ3n) is 6.09. The molecular formula is C24H28N4O4. The Bertz CT molecular complexity index is 1140. The second kappa shape index (κ2) is 8.55. The minimum absolute atomic E-state index is 0.339. The summed E-state index contributed by atoms with van der Waals surface area (Å²) in [5, 5.41) is 12.8. The fourth-order valence-corrected chi connectivity index (χ4v) is 4.04. The first-order chi connectivity index (χ1) is 15.3. The van der Waals surface area contributed by atoms with Crippen molar-refractivity contribution in [3.8, 4) is 0 Å². The molecule has 0 radical (unpaired) electrons. The molecule has 4 N–H and O–H groups in total. The molecule has 1 aliphatic heterocycles. The fourth-order valence-electron chi connectivity index (χ4n) is 4.04. The lowest BCUT2D eigenvalue weighted by Gasteiger charge is -2.37. The quantitative estimate of drug-likeness (QED) is 0.545. The van der Waals surface area contributed by atoms with Crippen molar-refractivity contribution in [2.24, 2.45) is 5.73 Å². The molecule has 1 fully saturated rings. The van der Waals surface area contributed by atoms with Crippen LogP contribution in [0.2, 0.25) is 0 Å². The number of primary amides is 1. The summed E-state index contributed by atoms with van der Waals surface area (Å²) in [7, 11) is 0. The average molecular weight is 437 g/mol. The van der Waals surface area contributed by atoms with Gasteiger partial charge in [0.05, 0.1) is 12.2 Å². The van der Waals surface area contributed by atoms with Gasteiger partial charge in [-0.15, -0.1) is 0 Å². The van der Waals surface area contributed by atoms with E-state index in [2.05, 4.69) is 27.2 Å². The van der Waals surface area contributed by atoms with Crippen LogP contribution in [0.25, 0.3) is 11.0 Å². The number of nitrogens with two attached hydrogens (primary N) is 1. The van der Waals surface area contributed by atoms with Crippen molar-refractivity contribution in [3.63, 3.8) is 0 Å². The zero-order valence-corrected chi connectivity index (χ0v) is 18.3. The van der Waals surface area contributed by atoms with Crippen molar-refractivity contribution >= 4 is 34.2 Å². The number of rotatable bonds is 6. The van der Waals surface area contributed by atoms with Crippen LogP contribution in [0, 0.1) is 6.92 Å². The van der Waals surface area contributed by atoms with Crippen molar-refractivity contribution in [2.75, 3.05) is 42.6 Å². The van der Waals surface area contributed by atoms with Crippen molar-refractivity contribution < 1.29 is 19.1 Å². The third-order valence-corrected chi connectivity index (χ3v) is 6.09. The highest BCUT2D eigenvalue weighted by atomic mass is 16.3. The van der Waals surface area contributed by atoms with E-state index in [1.165, 1.54) is 12.6 Å². The van der Waals surface area contributed by atoms with Gasteiger partial charge in [-0.2, -0.15) is 0 Å². The van der Waals surface area contributed by atoms with E-state index in [4.69, 9.17) is 10.2 Å². The molecule has 1 aromatic heterocycles. The fraction of sp³-hybridized carbons (Fsp3) is 0.333. The van der Waals surface area contributed by atoms with E-state index in [1.54, 1.807) is 6.92 Å². The molecule has 168 valence electrons. The van der Waals surface area contributed by atoms with Crippen LogP contribution in [0.4, 0.5) is 11.4 Å². The number of aryl methyl sites for hydroxylation is 1. The van der Waals surface area contributed by atoms with Gasteiger partial charge in [0.25, 0.3) is 5.91 Å². The molecule has 0 unspecified atom stereocenters. The number of benzene rings is 2. The van der Waals surface area contributed by atoms with Gasteiger partial charge in [0.15, 0.2) is 0 Å². The summed E-state index contributed by atoms with van der Waals surface area (Å²) < 4.78 is 5.78. The average Bonchev–Trinajstić information content (AvgIpc) is 3.14. The van der Waals surface area contributed by atoms with Gasteiger partial charge >= 0.3 is 0 Å². The number of nitrogens with one attached hydrogen (secondary N) is 1. The van der Waals surface area contributed by atoms with Gasteiger partial charge in [-0.25, -0.2) is 0 Å². The van der Waals surface area contributed by atoms with E-state index >= 15 is 0 Å². The Morgan fingerprint density at radius 3 is 2.28 bits per heavy atom. The second-order valence-corrected chi connectivity index (χ2v) is 8.33. The van der Waals surface area contributed by atoms with Crippen LogP contribution >= 0.6 is 0 Å². The third kappa shape index (κ3) is 4.01. The Balaban J connectivity index is 1.57. The molecule has 1 saturated heterocycles. The second-order valence-electron chi connectivity index (χ2n) is 8.33. The number of aliphatic hydroxyl groups excluding tert-OH is 1. The van der Waals surface area contributed by atoms with Gasteiger partial charge < -0.3 is 30.4 Å². The Labute approximate surface area is 186 Å². The predicted octanol–water partition coefficient (Wildman–Crippen LogP) is 2.03. The van der Waals surface area contributed by atoms with Gasteiger partial charge in [0.1, 0.15) is 16.9 Å². The first-order valence-electron chi connectivity index (χ1n) is 10.6. The topological polar surface area (TPSA) is 112 Å². The number of fused-ring (bicyclic) bond motifs is 1. The maximum absolute atomic E-state index is 13.0. The molecule has 2 amide bonds. The Hall–Kier alpha value is -3.52. The summed E-state index contributed by atoms with van der Waals surface area (Å²) in [6.07, 6.45) is 0. The summed E-state index contributed by atoms with van der Waals surface area (Å²) in [6, 6.07) is 16.1. The van der Waals surface area contributed by atoms with Crippen LogP contribution in [0.5, 0.6) is 0 Å². The van der Waals surface area contributed by atoms with Crippen molar-refractivity contribution in [1.82, 2.24) is 5.32 Å². The number of nitrogens with zero attached hydrogens (tertiary/aromatic N) is 2.